The van der Waals surface area contributed by atoms with Gasteiger partial charge in [-0.05, 0) is 35.7 Å². The van der Waals surface area contributed by atoms with Crippen molar-refractivity contribution in [3.63, 3.8) is 0 Å². The molecule has 1 rings (SSSR count). The van der Waals surface area contributed by atoms with E-state index in [1.54, 1.807) is 18.3 Å². The van der Waals surface area contributed by atoms with Crippen molar-refractivity contribution in [3.8, 4) is 0 Å². The van der Waals surface area contributed by atoms with Gasteiger partial charge >= 0.3 is 5.97 Å². The van der Waals surface area contributed by atoms with Crippen molar-refractivity contribution in [2.24, 2.45) is 0 Å². The zero-order chi connectivity index (χ0) is 12.0. The lowest BCUT2D eigenvalue weighted by Gasteiger charge is -2.18. The summed E-state index contributed by atoms with van der Waals surface area (Å²) in [4.78, 5) is 23.5. The third kappa shape index (κ3) is 4.02. The predicted octanol–water partition coefficient (Wildman–Crippen LogP) is 1.61. The molecular weight excluding hydrogens is 226 g/mol. The van der Waals surface area contributed by atoms with Crippen LogP contribution in [0.3, 0.4) is 0 Å². The fraction of sp³-hybridized carbons (Fsp3) is 0.455. The maximum absolute atomic E-state index is 11.7. The Hall–Kier alpha value is -1.36. The summed E-state index contributed by atoms with van der Waals surface area (Å²) in [5.74, 6) is -1.07. The standard InChI is InChI=1S/C11H15NO3S/c1-2-12(7-11(14)15)10(13)4-3-9-5-6-16-8-9/h5-6,8H,2-4,7H2,1H3,(H,14,15). The number of nitrogens with zero attached hydrogens (tertiary/aromatic N) is 1. The van der Waals surface area contributed by atoms with E-state index in [1.165, 1.54) is 4.90 Å². The van der Waals surface area contributed by atoms with E-state index >= 15 is 0 Å². The highest BCUT2D eigenvalue weighted by Crippen LogP contribution is 2.09. The number of aryl methyl sites for hydroxylation is 1. The third-order valence-electron chi connectivity index (χ3n) is 2.27. The Kier molecular flexibility index (Phi) is 4.98. The number of carbonyl (C=O) groups excluding carboxylic acids is 1. The van der Waals surface area contributed by atoms with E-state index in [0.29, 0.717) is 19.4 Å². The second-order valence-electron chi connectivity index (χ2n) is 3.43. The zero-order valence-electron chi connectivity index (χ0n) is 9.18. The fourth-order valence-corrected chi connectivity index (χ4v) is 2.09. The number of aliphatic carboxylic acids is 1. The van der Waals surface area contributed by atoms with Crippen LogP contribution in [-0.2, 0) is 16.0 Å². The molecule has 16 heavy (non-hydrogen) atoms. The number of amides is 1. The highest BCUT2D eigenvalue weighted by molar-refractivity contribution is 7.07. The maximum atomic E-state index is 11.7. The molecule has 1 N–H and O–H groups in total. The van der Waals surface area contributed by atoms with E-state index in [-0.39, 0.29) is 12.5 Å². The van der Waals surface area contributed by atoms with Gasteiger partial charge in [0, 0.05) is 13.0 Å². The third-order valence-corrected chi connectivity index (χ3v) is 3.00. The van der Waals surface area contributed by atoms with Crippen LogP contribution in [-0.4, -0.2) is 35.0 Å². The molecule has 1 heterocycles. The van der Waals surface area contributed by atoms with E-state index in [1.807, 2.05) is 16.8 Å². The van der Waals surface area contributed by atoms with Crippen LogP contribution < -0.4 is 0 Å². The summed E-state index contributed by atoms with van der Waals surface area (Å²) in [5, 5.41) is 12.6. The first kappa shape index (κ1) is 12.7. The summed E-state index contributed by atoms with van der Waals surface area (Å²) in [6.45, 7) is 2.01. The normalized spacial score (nSPS) is 10.1. The largest absolute Gasteiger partial charge is 0.480 e. The molecule has 0 atom stereocenters. The van der Waals surface area contributed by atoms with Gasteiger partial charge < -0.3 is 10.0 Å². The van der Waals surface area contributed by atoms with Crippen LogP contribution >= 0.6 is 11.3 Å². The van der Waals surface area contributed by atoms with Gasteiger partial charge in [0.05, 0.1) is 0 Å². The zero-order valence-corrected chi connectivity index (χ0v) is 10.00. The van der Waals surface area contributed by atoms with Gasteiger partial charge in [0.2, 0.25) is 5.91 Å². The van der Waals surface area contributed by atoms with Gasteiger partial charge in [-0.1, -0.05) is 0 Å². The molecule has 0 saturated heterocycles. The minimum absolute atomic E-state index is 0.101. The van der Waals surface area contributed by atoms with Crippen LogP contribution in [0.25, 0.3) is 0 Å². The highest BCUT2D eigenvalue weighted by atomic mass is 32.1. The molecule has 4 nitrogen and oxygen atoms in total. The Labute approximate surface area is 98.5 Å². The molecule has 0 unspecified atom stereocenters. The number of hydrogen-bond acceptors (Lipinski definition) is 3. The second-order valence-corrected chi connectivity index (χ2v) is 4.21. The Bertz CT molecular complexity index is 348. The van der Waals surface area contributed by atoms with Gasteiger partial charge in [0.25, 0.3) is 0 Å². The number of carbonyl (C=O) groups is 2. The topological polar surface area (TPSA) is 57.6 Å². The Morgan fingerprint density at radius 1 is 1.50 bits per heavy atom. The summed E-state index contributed by atoms with van der Waals surface area (Å²) in [5.41, 5.74) is 1.13. The van der Waals surface area contributed by atoms with Crippen molar-refractivity contribution in [1.29, 1.82) is 0 Å². The van der Waals surface area contributed by atoms with Crippen LogP contribution in [0.15, 0.2) is 16.8 Å². The van der Waals surface area contributed by atoms with Crippen LogP contribution in [0.4, 0.5) is 0 Å². The molecule has 1 aromatic rings. The van der Waals surface area contributed by atoms with E-state index < -0.39 is 5.97 Å². The fourth-order valence-electron chi connectivity index (χ4n) is 1.38. The van der Waals surface area contributed by atoms with Crippen molar-refractivity contribution in [2.75, 3.05) is 13.1 Å². The first-order valence-corrected chi connectivity index (χ1v) is 6.08. The first-order chi connectivity index (χ1) is 7.63. The Balaban J connectivity index is 2.40. The summed E-state index contributed by atoms with van der Waals surface area (Å²) >= 11 is 1.60. The van der Waals surface area contributed by atoms with Gasteiger partial charge in [0.15, 0.2) is 0 Å². The second kappa shape index (κ2) is 6.27. The monoisotopic (exact) mass is 241 g/mol. The van der Waals surface area contributed by atoms with Crippen molar-refractivity contribution in [2.45, 2.75) is 19.8 Å². The summed E-state index contributed by atoms with van der Waals surface area (Å²) in [6.07, 6.45) is 1.05. The van der Waals surface area contributed by atoms with E-state index in [0.717, 1.165) is 5.56 Å². The summed E-state index contributed by atoms with van der Waals surface area (Å²) in [7, 11) is 0. The summed E-state index contributed by atoms with van der Waals surface area (Å²) in [6, 6.07) is 1.98. The molecule has 0 radical (unpaired) electrons. The molecule has 5 heteroatoms. The molecule has 1 amide bonds. The van der Waals surface area contributed by atoms with Crippen LogP contribution in [0.5, 0.6) is 0 Å². The molecule has 0 aliphatic rings. The van der Waals surface area contributed by atoms with Crippen molar-refractivity contribution < 1.29 is 14.7 Å². The average Bonchev–Trinajstić information content (AvgIpc) is 2.75. The number of rotatable bonds is 6. The molecule has 0 aliphatic carbocycles. The molecule has 88 valence electrons. The van der Waals surface area contributed by atoms with E-state index in [2.05, 4.69) is 0 Å². The Morgan fingerprint density at radius 2 is 2.25 bits per heavy atom. The van der Waals surface area contributed by atoms with Gasteiger partial charge in [-0.25, -0.2) is 0 Å². The quantitative estimate of drug-likeness (QED) is 0.823. The number of carboxylic acids is 1. The van der Waals surface area contributed by atoms with Crippen LogP contribution in [0.2, 0.25) is 0 Å². The lowest BCUT2D eigenvalue weighted by atomic mass is 10.2. The van der Waals surface area contributed by atoms with Gasteiger partial charge in [-0.3, -0.25) is 9.59 Å². The molecule has 1 aromatic heterocycles. The van der Waals surface area contributed by atoms with E-state index in [9.17, 15) is 9.59 Å². The lowest BCUT2D eigenvalue weighted by Crippen LogP contribution is -2.35. The van der Waals surface area contributed by atoms with Crippen molar-refractivity contribution in [3.05, 3.63) is 22.4 Å². The average molecular weight is 241 g/mol. The van der Waals surface area contributed by atoms with E-state index in [4.69, 9.17) is 5.11 Å². The number of thiophene rings is 1. The lowest BCUT2D eigenvalue weighted by molar-refractivity contribution is -0.144. The minimum Gasteiger partial charge on any atom is -0.480 e. The molecular formula is C11H15NO3S. The van der Waals surface area contributed by atoms with Gasteiger partial charge in [-0.15, -0.1) is 0 Å². The molecule has 0 bridgehead atoms. The predicted molar refractivity (Wildman–Crippen MR) is 62.5 cm³/mol. The maximum Gasteiger partial charge on any atom is 0.323 e. The van der Waals surface area contributed by atoms with Crippen LogP contribution in [0.1, 0.15) is 18.9 Å². The van der Waals surface area contributed by atoms with Crippen molar-refractivity contribution >= 4 is 23.2 Å². The highest BCUT2D eigenvalue weighted by Gasteiger charge is 2.14. The number of hydrogen-bond donors (Lipinski definition) is 1. The molecule has 0 spiro atoms. The number of likely N-dealkylation sites (N-methyl/N-ethyl adjacent to an activating group) is 1. The van der Waals surface area contributed by atoms with Crippen LogP contribution in [0, 0.1) is 0 Å². The minimum atomic E-state index is -0.967. The molecule has 0 fully saturated rings. The molecule has 0 aliphatic heterocycles. The molecule has 0 aromatic carbocycles. The number of carboxylic acid groups (broad SMARTS) is 1. The Morgan fingerprint density at radius 3 is 2.75 bits per heavy atom. The van der Waals surface area contributed by atoms with Gasteiger partial charge in [-0.2, -0.15) is 11.3 Å². The summed E-state index contributed by atoms with van der Waals surface area (Å²) < 4.78 is 0. The first-order valence-electron chi connectivity index (χ1n) is 5.14. The SMILES string of the molecule is CCN(CC(=O)O)C(=O)CCc1ccsc1. The molecule has 0 saturated carbocycles. The van der Waals surface area contributed by atoms with Crippen molar-refractivity contribution in [1.82, 2.24) is 4.90 Å². The smallest absolute Gasteiger partial charge is 0.323 e. The van der Waals surface area contributed by atoms with Gasteiger partial charge in [0.1, 0.15) is 6.54 Å².